The van der Waals surface area contributed by atoms with Gasteiger partial charge in [-0.1, -0.05) is 6.92 Å². The minimum atomic E-state index is -0.963. The third kappa shape index (κ3) is 1.31. The monoisotopic (exact) mass is 256 g/mol. The number of hydrogen-bond acceptors (Lipinski definition) is 3. The topological polar surface area (TPSA) is 55.6 Å². The number of ether oxygens (including phenoxy) is 1. The molecule has 1 heterocycles. The average molecular weight is 256 g/mol. The Labute approximate surface area is 107 Å². The summed E-state index contributed by atoms with van der Waals surface area (Å²) in [5.74, 6) is 0.501. The van der Waals surface area contributed by atoms with Crippen LogP contribution in [0.1, 0.15) is 27.7 Å². The molecule has 3 rings (SSSR count). The van der Waals surface area contributed by atoms with Crippen LogP contribution in [0, 0.1) is 17.3 Å². The van der Waals surface area contributed by atoms with Crippen LogP contribution in [0.5, 0.6) is 0 Å². The fraction of sp³-hybridized carbons (Fsp3) is 0.923. The van der Waals surface area contributed by atoms with Crippen molar-refractivity contribution in [1.82, 2.24) is 4.90 Å². The molecule has 6 atom stereocenters. The van der Waals surface area contributed by atoms with E-state index in [1.807, 2.05) is 27.7 Å². The molecule has 1 amide bonds. The lowest BCUT2D eigenvalue weighted by Crippen LogP contribution is -2.44. The van der Waals surface area contributed by atoms with Gasteiger partial charge in [-0.25, -0.2) is 9.18 Å². The van der Waals surface area contributed by atoms with Gasteiger partial charge >= 0.3 is 6.09 Å². The quantitative estimate of drug-likeness (QED) is 0.715. The highest BCUT2D eigenvalue weighted by atomic mass is 19.1. The highest BCUT2D eigenvalue weighted by Crippen LogP contribution is 2.76. The van der Waals surface area contributed by atoms with Gasteiger partial charge in [-0.2, -0.15) is 0 Å². The highest BCUT2D eigenvalue weighted by Gasteiger charge is 2.89. The van der Waals surface area contributed by atoms with Crippen LogP contribution >= 0.6 is 0 Å². The Morgan fingerprint density at radius 1 is 1.50 bits per heavy atom. The maximum atomic E-state index is 14.0. The number of halogens is 1. The van der Waals surface area contributed by atoms with Gasteiger partial charge in [0, 0.05) is 18.0 Å². The zero-order chi connectivity index (χ0) is 13.5. The minimum absolute atomic E-state index is 0.0834. The molecule has 2 saturated carbocycles. The van der Waals surface area contributed by atoms with Gasteiger partial charge in [0.2, 0.25) is 0 Å². The van der Waals surface area contributed by atoms with E-state index < -0.39 is 23.3 Å². The first-order chi connectivity index (χ1) is 8.21. The Balaban J connectivity index is 1.77. The van der Waals surface area contributed by atoms with Crippen LogP contribution in [0.15, 0.2) is 0 Å². The molecule has 1 saturated heterocycles. The van der Waals surface area contributed by atoms with E-state index in [9.17, 15) is 9.18 Å². The number of nitrogens with zero attached hydrogens (tertiary/aromatic N) is 1. The van der Waals surface area contributed by atoms with Crippen LogP contribution in [0.3, 0.4) is 0 Å². The number of piperidine rings is 1. The summed E-state index contributed by atoms with van der Waals surface area (Å²) >= 11 is 0. The Bertz CT molecular complexity index is 408. The number of carbonyl (C=O) groups excluding carboxylic acids is 1. The van der Waals surface area contributed by atoms with Crippen molar-refractivity contribution >= 4 is 6.09 Å². The first kappa shape index (κ1) is 12.2. The molecule has 1 aliphatic heterocycles. The Morgan fingerprint density at radius 2 is 2.11 bits per heavy atom. The van der Waals surface area contributed by atoms with Crippen molar-refractivity contribution in [3.8, 4) is 0 Å². The summed E-state index contributed by atoms with van der Waals surface area (Å²) < 4.78 is 19.4. The molecule has 3 fully saturated rings. The molecule has 0 aromatic heterocycles. The van der Waals surface area contributed by atoms with Crippen molar-refractivity contribution in [2.24, 2.45) is 23.0 Å². The van der Waals surface area contributed by atoms with E-state index in [2.05, 4.69) is 0 Å². The van der Waals surface area contributed by atoms with Crippen molar-refractivity contribution < 1.29 is 13.9 Å². The molecule has 18 heavy (non-hydrogen) atoms. The average Bonchev–Trinajstić information content (AvgIpc) is 3.01. The molecule has 0 radical (unpaired) electrons. The summed E-state index contributed by atoms with van der Waals surface area (Å²) in [6.07, 6.45) is -1.37. The summed E-state index contributed by atoms with van der Waals surface area (Å²) in [6.45, 7) is 8.05. The zero-order valence-corrected chi connectivity index (χ0v) is 11.3. The lowest BCUT2D eigenvalue weighted by Gasteiger charge is -2.31. The van der Waals surface area contributed by atoms with Gasteiger partial charge in [0.1, 0.15) is 11.8 Å². The van der Waals surface area contributed by atoms with E-state index in [1.165, 1.54) is 0 Å². The zero-order valence-electron chi connectivity index (χ0n) is 11.3. The minimum Gasteiger partial charge on any atom is -0.444 e. The fourth-order valence-corrected chi connectivity index (χ4v) is 3.93. The molecule has 2 unspecified atom stereocenters. The van der Waals surface area contributed by atoms with E-state index in [0.29, 0.717) is 6.54 Å². The molecular weight excluding hydrogens is 235 g/mol. The molecule has 4 nitrogen and oxygen atoms in total. The lowest BCUT2D eigenvalue weighted by atomic mass is 10.00. The van der Waals surface area contributed by atoms with Crippen LogP contribution < -0.4 is 5.73 Å². The number of alkyl halides is 1. The second kappa shape index (κ2) is 3.18. The SMILES string of the molecule is C[C@@H]1CN(C(=O)OC(C)(C)C)[C@@H]2[C@@H](F)C23C1[C@@H]3N. The van der Waals surface area contributed by atoms with Crippen molar-refractivity contribution in [3.05, 3.63) is 0 Å². The summed E-state index contributed by atoms with van der Waals surface area (Å²) in [5.41, 5.74) is 5.02. The van der Waals surface area contributed by atoms with Crippen LogP contribution in [-0.4, -0.2) is 41.4 Å². The number of amides is 1. The Hall–Kier alpha value is -0.840. The van der Waals surface area contributed by atoms with Crippen molar-refractivity contribution in [2.45, 2.75) is 51.6 Å². The van der Waals surface area contributed by atoms with Gasteiger partial charge in [0.25, 0.3) is 0 Å². The molecule has 2 N–H and O–H groups in total. The van der Waals surface area contributed by atoms with E-state index in [-0.39, 0.29) is 23.9 Å². The predicted molar refractivity (Wildman–Crippen MR) is 64.7 cm³/mol. The molecule has 0 aromatic rings. The summed E-state index contributed by atoms with van der Waals surface area (Å²) in [6, 6.07) is -0.427. The second-order valence-corrected chi connectivity index (χ2v) is 7.01. The van der Waals surface area contributed by atoms with Crippen LogP contribution in [0.2, 0.25) is 0 Å². The van der Waals surface area contributed by atoms with Crippen LogP contribution in [0.4, 0.5) is 9.18 Å². The Morgan fingerprint density at radius 3 is 2.67 bits per heavy atom. The second-order valence-electron chi connectivity index (χ2n) is 7.01. The van der Waals surface area contributed by atoms with Gasteiger partial charge < -0.3 is 15.4 Å². The van der Waals surface area contributed by atoms with Gasteiger partial charge in [0.05, 0.1) is 6.04 Å². The maximum Gasteiger partial charge on any atom is 0.410 e. The number of nitrogens with two attached hydrogens (primary N) is 1. The van der Waals surface area contributed by atoms with Gasteiger partial charge in [-0.05, 0) is 32.6 Å². The summed E-state index contributed by atoms with van der Waals surface area (Å²) in [5, 5.41) is 0. The maximum absolute atomic E-state index is 14.0. The third-order valence-corrected chi connectivity index (χ3v) is 4.65. The largest absolute Gasteiger partial charge is 0.444 e. The summed E-state index contributed by atoms with van der Waals surface area (Å²) in [4.78, 5) is 13.7. The first-order valence-corrected chi connectivity index (χ1v) is 6.60. The van der Waals surface area contributed by atoms with Crippen molar-refractivity contribution in [2.75, 3.05) is 6.54 Å². The lowest BCUT2D eigenvalue weighted by molar-refractivity contribution is 0.0139. The fourth-order valence-electron chi connectivity index (χ4n) is 3.93. The van der Waals surface area contributed by atoms with Crippen LogP contribution in [-0.2, 0) is 4.74 Å². The molecule has 3 aliphatic rings. The number of carbonyl (C=O) groups is 1. The first-order valence-electron chi connectivity index (χ1n) is 6.60. The van der Waals surface area contributed by atoms with E-state index in [4.69, 9.17) is 10.5 Å². The van der Waals surface area contributed by atoms with Crippen molar-refractivity contribution in [3.63, 3.8) is 0 Å². The predicted octanol–water partition coefficient (Wildman–Crippen LogP) is 1.54. The van der Waals surface area contributed by atoms with E-state index in [1.54, 1.807) is 4.90 Å². The highest BCUT2D eigenvalue weighted by molar-refractivity contribution is 5.71. The number of hydrogen-bond donors (Lipinski definition) is 1. The molecule has 0 bridgehead atoms. The third-order valence-electron chi connectivity index (χ3n) is 4.65. The van der Waals surface area contributed by atoms with Gasteiger partial charge in [0.15, 0.2) is 0 Å². The molecule has 1 spiro atoms. The summed E-state index contributed by atoms with van der Waals surface area (Å²) in [7, 11) is 0. The number of likely N-dealkylation sites (tertiary alicyclic amines) is 1. The standard InChI is InChI=1S/C13H21FN2O2/c1-6-5-16(11(17)18-12(2,3)4)10-8(14)13(10)7(6)9(13)15/h6-10H,5,15H2,1-4H3/t6-,7?,8-,9+,10-,13?/m1/s1. The Kier molecular flexibility index (Phi) is 2.16. The van der Waals surface area contributed by atoms with Gasteiger partial charge in [-0.15, -0.1) is 0 Å². The molecule has 2 aliphatic carbocycles. The molecule has 0 aromatic carbocycles. The normalized spacial score (nSPS) is 49.2. The van der Waals surface area contributed by atoms with E-state index in [0.717, 1.165) is 0 Å². The van der Waals surface area contributed by atoms with Crippen molar-refractivity contribution in [1.29, 1.82) is 0 Å². The molecule has 5 heteroatoms. The molecule has 102 valence electrons. The molecular formula is C13H21FN2O2. The van der Waals surface area contributed by atoms with Crippen LogP contribution in [0.25, 0.3) is 0 Å². The van der Waals surface area contributed by atoms with Gasteiger partial charge in [-0.3, -0.25) is 0 Å². The number of rotatable bonds is 0. The smallest absolute Gasteiger partial charge is 0.410 e. The van der Waals surface area contributed by atoms with E-state index >= 15 is 0 Å².